The number of rotatable bonds is 7. The number of hydrogen-bond acceptors (Lipinski definition) is 4. The molecule has 1 aromatic heterocycles. The van der Waals surface area contributed by atoms with Crippen LogP contribution < -0.4 is 5.32 Å². The maximum Gasteiger partial charge on any atom is 0.140 e. The molecule has 0 aromatic carbocycles. The third-order valence-electron chi connectivity index (χ3n) is 2.65. The second-order valence-electron chi connectivity index (χ2n) is 4.31. The molecule has 0 radical (unpaired) electrons. The monoisotopic (exact) mass is 226 g/mol. The van der Waals surface area contributed by atoms with Crippen LogP contribution in [0.1, 0.15) is 33.0 Å². The topological polar surface area (TPSA) is 63.0 Å². The number of aliphatic hydroxyl groups is 1. The largest absolute Gasteiger partial charge is 0.395 e. The van der Waals surface area contributed by atoms with E-state index in [4.69, 9.17) is 0 Å². The van der Waals surface area contributed by atoms with E-state index in [1.54, 1.807) is 6.33 Å². The maximum absolute atomic E-state index is 9.19. The minimum absolute atomic E-state index is 0.117. The first-order valence-electron chi connectivity index (χ1n) is 5.90. The van der Waals surface area contributed by atoms with Gasteiger partial charge in [0.1, 0.15) is 12.2 Å². The van der Waals surface area contributed by atoms with Crippen LogP contribution in [0.3, 0.4) is 0 Å². The molecule has 0 aliphatic rings. The van der Waals surface area contributed by atoms with Gasteiger partial charge in [0.25, 0.3) is 0 Å². The van der Waals surface area contributed by atoms with Crippen molar-refractivity contribution in [2.45, 2.75) is 46.3 Å². The first-order valence-corrected chi connectivity index (χ1v) is 5.90. The van der Waals surface area contributed by atoms with E-state index in [1.165, 1.54) is 0 Å². The molecule has 1 rings (SSSR count). The van der Waals surface area contributed by atoms with Gasteiger partial charge in [-0.1, -0.05) is 20.8 Å². The fourth-order valence-electron chi connectivity index (χ4n) is 1.56. The molecule has 1 heterocycles. The fourth-order valence-corrected chi connectivity index (χ4v) is 1.56. The highest BCUT2D eigenvalue weighted by Gasteiger charge is 2.12. The SMILES string of the molecule is CCCn1ncnc1CN[C@H](CO)C(C)C. The molecule has 5 nitrogen and oxygen atoms in total. The van der Waals surface area contributed by atoms with Gasteiger partial charge >= 0.3 is 0 Å². The van der Waals surface area contributed by atoms with Gasteiger partial charge in [0, 0.05) is 12.6 Å². The van der Waals surface area contributed by atoms with Crippen LogP contribution in [0.4, 0.5) is 0 Å². The van der Waals surface area contributed by atoms with Crippen LogP contribution in [0, 0.1) is 5.92 Å². The average Bonchev–Trinajstić information content (AvgIpc) is 2.67. The van der Waals surface area contributed by atoms with Gasteiger partial charge in [0.15, 0.2) is 0 Å². The van der Waals surface area contributed by atoms with Crippen molar-refractivity contribution in [3.05, 3.63) is 12.2 Å². The number of hydrogen-bond donors (Lipinski definition) is 2. The normalized spacial score (nSPS) is 13.3. The highest BCUT2D eigenvalue weighted by atomic mass is 16.3. The van der Waals surface area contributed by atoms with E-state index < -0.39 is 0 Å². The number of nitrogens with zero attached hydrogens (tertiary/aromatic N) is 3. The van der Waals surface area contributed by atoms with Gasteiger partial charge in [-0.2, -0.15) is 5.10 Å². The number of aliphatic hydroxyl groups excluding tert-OH is 1. The number of aryl methyl sites for hydroxylation is 1. The molecule has 0 aliphatic carbocycles. The molecule has 16 heavy (non-hydrogen) atoms. The van der Waals surface area contributed by atoms with Crippen molar-refractivity contribution < 1.29 is 5.11 Å². The van der Waals surface area contributed by atoms with Crippen LogP contribution in [-0.4, -0.2) is 32.5 Å². The molecular formula is C11H22N4O. The Morgan fingerprint density at radius 3 is 2.81 bits per heavy atom. The molecule has 0 bridgehead atoms. The first kappa shape index (κ1) is 13.1. The van der Waals surface area contributed by atoms with Gasteiger partial charge in [-0.3, -0.25) is 0 Å². The summed E-state index contributed by atoms with van der Waals surface area (Å²) in [6.07, 6.45) is 2.62. The van der Waals surface area contributed by atoms with E-state index >= 15 is 0 Å². The molecule has 0 amide bonds. The Hall–Kier alpha value is -0.940. The Kier molecular flexibility index (Phi) is 5.42. The van der Waals surface area contributed by atoms with Gasteiger partial charge in [-0.15, -0.1) is 0 Å². The summed E-state index contributed by atoms with van der Waals surface area (Å²) >= 11 is 0. The van der Waals surface area contributed by atoms with Crippen molar-refractivity contribution >= 4 is 0 Å². The smallest absolute Gasteiger partial charge is 0.140 e. The Morgan fingerprint density at radius 1 is 1.50 bits per heavy atom. The fraction of sp³-hybridized carbons (Fsp3) is 0.818. The Bertz CT molecular complexity index is 298. The van der Waals surface area contributed by atoms with Crippen molar-refractivity contribution in [2.75, 3.05) is 6.61 Å². The van der Waals surface area contributed by atoms with E-state index in [0.29, 0.717) is 12.5 Å². The summed E-state index contributed by atoms with van der Waals surface area (Å²) in [5.74, 6) is 1.34. The van der Waals surface area contributed by atoms with Crippen LogP contribution >= 0.6 is 0 Å². The minimum Gasteiger partial charge on any atom is -0.395 e. The quantitative estimate of drug-likeness (QED) is 0.721. The predicted octanol–water partition coefficient (Wildman–Crippen LogP) is 0.795. The van der Waals surface area contributed by atoms with Gasteiger partial charge in [-0.05, 0) is 12.3 Å². The number of aromatic nitrogens is 3. The highest BCUT2D eigenvalue weighted by molar-refractivity contribution is 4.85. The van der Waals surface area contributed by atoms with Crippen molar-refractivity contribution in [1.82, 2.24) is 20.1 Å². The molecule has 0 saturated carbocycles. The third-order valence-corrected chi connectivity index (χ3v) is 2.65. The lowest BCUT2D eigenvalue weighted by molar-refractivity contribution is 0.208. The summed E-state index contributed by atoms with van der Waals surface area (Å²) < 4.78 is 1.90. The van der Waals surface area contributed by atoms with Crippen LogP contribution in [0.15, 0.2) is 6.33 Å². The van der Waals surface area contributed by atoms with Crippen molar-refractivity contribution in [2.24, 2.45) is 5.92 Å². The molecule has 0 unspecified atom stereocenters. The molecule has 1 atom stereocenters. The zero-order chi connectivity index (χ0) is 12.0. The summed E-state index contributed by atoms with van der Waals surface area (Å²) in [7, 11) is 0. The lowest BCUT2D eigenvalue weighted by atomic mass is 10.1. The molecule has 0 saturated heterocycles. The van der Waals surface area contributed by atoms with Crippen LogP contribution in [-0.2, 0) is 13.1 Å². The lowest BCUT2D eigenvalue weighted by Gasteiger charge is -2.19. The van der Waals surface area contributed by atoms with Gasteiger partial charge < -0.3 is 10.4 Å². The summed E-state index contributed by atoms with van der Waals surface area (Å²) in [4.78, 5) is 4.21. The summed E-state index contributed by atoms with van der Waals surface area (Å²) in [6.45, 7) is 7.99. The molecule has 0 aliphatic heterocycles. The van der Waals surface area contributed by atoms with Gasteiger partial charge in [0.2, 0.25) is 0 Å². The van der Waals surface area contributed by atoms with E-state index in [0.717, 1.165) is 18.8 Å². The zero-order valence-corrected chi connectivity index (χ0v) is 10.3. The molecule has 0 spiro atoms. The van der Waals surface area contributed by atoms with Gasteiger partial charge in [-0.25, -0.2) is 9.67 Å². The molecule has 92 valence electrons. The third kappa shape index (κ3) is 3.57. The average molecular weight is 226 g/mol. The molecular weight excluding hydrogens is 204 g/mol. The molecule has 0 fully saturated rings. The Balaban J connectivity index is 2.49. The van der Waals surface area contributed by atoms with E-state index in [9.17, 15) is 5.11 Å². The highest BCUT2D eigenvalue weighted by Crippen LogP contribution is 2.02. The first-order chi connectivity index (χ1) is 7.69. The molecule has 2 N–H and O–H groups in total. The molecule has 5 heteroatoms. The minimum atomic E-state index is 0.117. The van der Waals surface area contributed by atoms with Crippen molar-refractivity contribution in [1.29, 1.82) is 0 Å². The van der Waals surface area contributed by atoms with Crippen molar-refractivity contribution in [3.8, 4) is 0 Å². The Labute approximate surface area is 96.9 Å². The van der Waals surface area contributed by atoms with Crippen LogP contribution in [0.25, 0.3) is 0 Å². The van der Waals surface area contributed by atoms with Crippen molar-refractivity contribution in [3.63, 3.8) is 0 Å². The van der Waals surface area contributed by atoms with Crippen LogP contribution in [0.5, 0.6) is 0 Å². The van der Waals surface area contributed by atoms with Gasteiger partial charge in [0.05, 0.1) is 13.2 Å². The standard InChI is InChI=1S/C11H22N4O/c1-4-5-15-11(13-8-14-15)6-12-10(7-16)9(2)3/h8-10,12,16H,4-7H2,1-3H3/t10-/m1/s1. The number of nitrogens with one attached hydrogen (secondary N) is 1. The predicted molar refractivity (Wildman–Crippen MR) is 62.9 cm³/mol. The summed E-state index contributed by atoms with van der Waals surface area (Å²) in [6, 6.07) is 0.117. The Morgan fingerprint density at radius 2 is 2.25 bits per heavy atom. The second kappa shape index (κ2) is 6.60. The lowest BCUT2D eigenvalue weighted by Crippen LogP contribution is -2.37. The van der Waals surface area contributed by atoms with E-state index in [2.05, 4.69) is 36.2 Å². The van der Waals surface area contributed by atoms with E-state index in [1.807, 2.05) is 4.68 Å². The summed E-state index contributed by atoms with van der Waals surface area (Å²) in [5, 5.41) is 16.6. The maximum atomic E-state index is 9.19. The summed E-state index contributed by atoms with van der Waals surface area (Å²) in [5.41, 5.74) is 0. The second-order valence-corrected chi connectivity index (χ2v) is 4.31. The van der Waals surface area contributed by atoms with Crippen LogP contribution in [0.2, 0.25) is 0 Å². The zero-order valence-electron chi connectivity index (χ0n) is 10.3. The van der Waals surface area contributed by atoms with E-state index in [-0.39, 0.29) is 12.6 Å². The molecule has 1 aromatic rings.